The molecule has 3 aromatic rings. The van der Waals surface area contributed by atoms with Crippen molar-refractivity contribution >= 4 is 54.5 Å². The molecule has 2 nitrogen and oxygen atoms in total. The van der Waals surface area contributed by atoms with Crippen LogP contribution in [-0.2, 0) is 5.88 Å². The van der Waals surface area contributed by atoms with Crippen molar-refractivity contribution < 1.29 is 0 Å². The molecule has 0 saturated heterocycles. The van der Waals surface area contributed by atoms with Gasteiger partial charge in [0.05, 0.1) is 16.9 Å². The minimum absolute atomic E-state index is 0.377. The summed E-state index contributed by atoms with van der Waals surface area (Å²) in [5, 5.41) is 0. The number of rotatable bonds is 2. The summed E-state index contributed by atoms with van der Waals surface area (Å²) >= 11 is 13.0. The van der Waals surface area contributed by atoms with E-state index in [0.717, 1.165) is 31.5 Å². The van der Waals surface area contributed by atoms with E-state index in [-0.39, 0.29) is 0 Å². The highest BCUT2D eigenvalue weighted by Gasteiger charge is 2.11. The van der Waals surface area contributed by atoms with Crippen LogP contribution in [-0.4, -0.2) is 9.55 Å². The molecule has 0 amide bonds. The van der Waals surface area contributed by atoms with E-state index in [1.807, 2.05) is 36.4 Å². The fraction of sp³-hybridized carbons (Fsp3) is 0.0714. The summed E-state index contributed by atoms with van der Waals surface area (Å²) in [5.41, 5.74) is 3.05. The lowest BCUT2D eigenvalue weighted by molar-refractivity contribution is 0.981. The van der Waals surface area contributed by atoms with Gasteiger partial charge in [0.25, 0.3) is 0 Å². The maximum Gasteiger partial charge on any atom is 0.129 e. The Balaban J connectivity index is 2.31. The summed E-state index contributed by atoms with van der Waals surface area (Å²) in [4.78, 5) is 4.57. The number of hydrogen-bond donors (Lipinski definition) is 0. The minimum atomic E-state index is 0.377. The van der Waals surface area contributed by atoms with Crippen molar-refractivity contribution in [3.05, 3.63) is 57.2 Å². The van der Waals surface area contributed by atoms with Gasteiger partial charge in [0, 0.05) is 14.6 Å². The van der Waals surface area contributed by atoms with Crippen LogP contribution in [0.5, 0.6) is 0 Å². The summed E-state index contributed by atoms with van der Waals surface area (Å²) in [5.74, 6) is 1.22. The maximum absolute atomic E-state index is 6.02. The molecule has 0 spiro atoms. The predicted octanol–water partition coefficient (Wildman–Crippen LogP) is 5.29. The molecule has 96 valence electrons. The third kappa shape index (κ3) is 2.45. The monoisotopic (exact) mass is 398 g/mol. The molecule has 1 heterocycles. The fourth-order valence-corrected chi connectivity index (χ4v) is 2.86. The molecule has 0 unspecified atom stereocenters. The van der Waals surface area contributed by atoms with Gasteiger partial charge in [-0.3, -0.25) is 4.57 Å². The number of imidazole rings is 1. The van der Waals surface area contributed by atoms with E-state index >= 15 is 0 Å². The van der Waals surface area contributed by atoms with Crippen molar-refractivity contribution in [1.29, 1.82) is 0 Å². The molecule has 0 aliphatic rings. The van der Waals surface area contributed by atoms with Crippen LogP contribution in [0.15, 0.2) is 51.4 Å². The Hall–Kier alpha value is -0.840. The molecular formula is C14H9Br2ClN2. The minimum Gasteiger partial charge on any atom is -0.295 e. The Morgan fingerprint density at radius 3 is 2.37 bits per heavy atom. The van der Waals surface area contributed by atoms with E-state index in [0.29, 0.717) is 5.88 Å². The van der Waals surface area contributed by atoms with Crippen molar-refractivity contribution in [1.82, 2.24) is 9.55 Å². The van der Waals surface area contributed by atoms with Gasteiger partial charge in [-0.05, 0) is 42.5 Å². The first-order valence-corrected chi connectivity index (χ1v) is 7.80. The predicted molar refractivity (Wildman–Crippen MR) is 86.0 cm³/mol. The lowest BCUT2D eigenvalue weighted by Gasteiger charge is -2.08. The van der Waals surface area contributed by atoms with E-state index in [1.54, 1.807) is 0 Å². The molecule has 0 bridgehead atoms. The number of alkyl halides is 1. The second kappa shape index (κ2) is 5.27. The average molecular weight is 401 g/mol. The first-order chi connectivity index (χ1) is 9.19. The quantitative estimate of drug-likeness (QED) is 0.535. The van der Waals surface area contributed by atoms with Crippen LogP contribution in [0.25, 0.3) is 16.7 Å². The Morgan fingerprint density at radius 2 is 1.68 bits per heavy atom. The van der Waals surface area contributed by atoms with Crippen molar-refractivity contribution in [2.75, 3.05) is 0 Å². The second-order valence-electron chi connectivity index (χ2n) is 4.11. The van der Waals surface area contributed by atoms with Gasteiger partial charge < -0.3 is 0 Å². The van der Waals surface area contributed by atoms with Crippen molar-refractivity contribution in [3.63, 3.8) is 0 Å². The second-order valence-corrected chi connectivity index (χ2v) is 6.21. The van der Waals surface area contributed by atoms with E-state index in [9.17, 15) is 0 Å². The standard InChI is InChI=1S/C14H9Br2ClN2/c15-9-1-4-11(5-2-9)19-13-7-10(16)3-6-12(13)18-14(19)8-17/h1-7H,8H2. The highest BCUT2D eigenvalue weighted by atomic mass is 79.9. The van der Waals surface area contributed by atoms with Gasteiger partial charge in [-0.15, -0.1) is 11.6 Å². The third-order valence-corrected chi connectivity index (χ3v) is 4.15. The number of benzene rings is 2. The zero-order valence-electron chi connectivity index (χ0n) is 9.78. The van der Waals surface area contributed by atoms with Crippen LogP contribution in [0.2, 0.25) is 0 Å². The molecular weight excluding hydrogens is 391 g/mol. The van der Waals surface area contributed by atoms with Gasteiger partial charge >= 0.3 is 0 Å². The normalized spacial score (nSPS) is 11.1. The maximum atomic E-state index is 6.02. The van der Waals surface area contributed by atoms with Crippen LogP contribution in [0, 0.1) is 0 Å². The Bertz CT molecular complexity index is 735. The number of halogens is 3. The Labute approximate surface area is 132 Å². The molecule has 19 heavy (non-hydrogen) atoms. The third-order valence-electron chi connectivity index (χ3n) is 2.89. The van der Waals surface area contributed by atoms with Crippen molar-refractivity contribution in [2.45, 2.75) is 5.88 Å². The first-order valence-electron chi connectivity index (χ1n) is 5.68. The van der Waals surface area contributed by atoms with E-state index in [2.05, 4.69) is 47.5 Å². The highest BCUT2D eigenvalue weighted by molar-refractivity contribution is 9.10. The largest absolute Gasteiger partial charge is 0.295 e. The van der Waals surface area contributed by atoms with Crippen LogP contribution in [0.1, 0.15) is 5.82 Å². The molecule has 1 aromatic heterocycles. The van der Waals surface area contributed by atoms with Gasteiger partial charge in [-0.1, -0.05) is 31.9 Å². The van der Waals surface area contributed by atoms with Crippen LogP contribution < -0.4 is 0 Å². The van der Waals surface area contributed by atoms with Gasteiger partial charge in [0.2, 0.25) is 0 Å². The molecule has 0 atom stereocenters. The zero-order chi connectivity index (χ0) is 13.4. The molecule has 0 aliphatic heterocycles. The smallest absolute Gasteiger partial charge is 0.129 e. The molecule has 0 radical (unpaired) electrons. The summed E-state index contributed by atoms with van der Waals surface area (Å²) in [6, 6.07) is 14.1. The summed E-state index contributed by atoms with van der Waals surface area (Å²) < 4.78 is 4.16. The summed E-state index contributed by atoms with van der Waals surface area (Å²) in [6.45, 7) is 0. The van der Waals surface area contributed by atoms with Crippen molar-refractivity contribution in [2.24, 2.45) is 0 Å². The van der Waals surface area contributed by atoms with E-state index in [4.69, 9.17) is 11.6 Å². The summed E-state index contributed by atoms with van der Waals surface area (Å²) in [6.07, 6.45) is 0. The van der Waals surface area contributed by atoms with Gasteiger partial charge in [-0.2, -0.15) is 0 Å². The van der Waals surface area contributed by atoms with Gasteiger partial charge in [0.15, 0.2) is 0 Å². The number of aromatic nitrogens is 2. The average Bonchev–Trinajstić information content (AvgIpc) is 2.77. The number of hydrogen-bond acceptors (Lipinski definition) is 1. The number of nitrogens with zero attached hydrogens (tertiary/aromatic N) is 2. The van der Waals surface area contributed by atoms with Crippen LogP contribution in [0.4, 0.5) is 0 Å². The van der Waals surface area contributed by atoms with Crippen molar-refractivity contribution in [3.8, 4) is 5.69 Å². The molecule has 0 N–H and O–H groups in total. The Morgan fingerprint density at radius 1 is 1.00 bits per heavy atom. The molecule has 0 aliphatic carbocycles. The molecule has 3 rings (SSSR count). The molecule has 0 fully saturated rings. The van der Waals surface area contributed by atoms with Crippen LogP contribution >= 0.6 is 43.5 Å². The van der Waals surface area contributed by atoms with E-state index < -0.39 is 0 Å². The summed E-state index contributed by atoms with van der Waals surface area (Å²) in [7, 11) is 0. The first kappa shape index (κ1) is 13.2. The fourth-order valence-electron chi connectivity index (χ4n) is 2.07. The van der Waals surface area contributed by atoms with E-state index in [1.165, 1.54) is 0 Å². The topological polar surface area (TPSA) is 17.8 Å². The SMILES string of the molecule is ClCc1nc2ccc(Br)cc2n1-c1ccc(Br)cc1. The molecule has 2 aromatic carbocycles. The Kier molecular flexibility index (Phi) is 3.65. The number of fused-ring (bicyclic) bond motifs is 1. The van der Waals surface area contributed by atoms with Crippen LogP contribution in [0.3, 0.4) is 0 Å². The van der Waals surface area contributed by atoms with Gasteiger partial charge in [0.1, 0.15) is 5.82 Å². The zero-order valence-corrected chi connectivity index (χ0v) is 13.7. The molecule has 0 saturated carbocycles. The van der Waals surface area contributed by atoms with Gasteiger partial charge in [-0.25, -0.2) is 4.98 Å². The lowest BCUT2D eigenvalue weighted by atomic mass is 10.3. The molecule has 5 heteroatoms. The highest BCUT2D eigenvalue weighted by Crippen LogP contribution is 2.26. The lowest BCUT2D eigenvalue weighted by Crippen LogP contribution is -1.98.